The van der Waals surface area contributed by atoms with Crippen LogP contribution >= 0.6 is 0 Å². The van der Waals surface area contributed by atoms with Gasteiger partial charge in [-0.15, -0.1) is 0 Å². The molecule has 0 bridgehead atoms. The summed E-state index contributed by atoms with van der Waals surface area (Å²) in [4.78, 5) is 28.9. The van der Waals surface area contributed by atoms with Crippen LogP contribution in [0.5, 0.6) is 0 Å². The quantitative estimate of drug-likeness (QED) is 0.805. The number of nitrogens with one attached hydrogen (secondary N) is 1. The number of methoxy groups -OCH3 is 1. The molecule has 1 N–H and O–H groups in total. The van der Waals surface area contributed by atoms with E-state index in [9.17, 15) is 9.59 Å². The van der Waals surface area contributed by atoms with E-state index in [0.717, 1.165) is 18.5 Å². The number of hydrogen-bond donors (Lipinski definition) is 1. The van der Waals surface area contributed by atoms with E-state index in [0.29, 0.717) is 19.6 Å². The molecule has 0 spiro atoms. The Morgan fingerprint density at radius 1 is 1.36 bits per heavy atom. The van der Waals surface area contributed by atoms with E-state index in [2.05, 4.69) is 5.32 Å². The largest absolute Gasteiger partial charge is 0.382 e. The average Bonchev–Trinajstić information content (AvgIpc) is 3.00. The summed E-state index contributed by atoms with van der Waals surface area (Å²) in [6.45, 7) is 3.85. The van der Waals surface area contributed by atoms with Gasteiger partial charge in [0.15, 0.2) is 0 Å². The number of likely N-dealkylation sites (N-methyl/N-ethyl adjacent to an activating group) is 2. The van der Waals surface area contributed by atoms with E-state index in [4.69, 9.17) is 4.74 Å². The third-order valence-electron chi connectivity index (χ3n) is 5.08. The van der Waals surface area contributed by atoms with Gasteiger partial charge in [-0.1, -0.05) is 24.3 Å². The molecule has 1 saturated heterocycles. The molecular weight excluding hydrogens is 318 g/mol. The molecule has 1 aromatic rings. The Kier molecular flexibility index (Phi) is 6.56. The standard InChI is InChI=1S/C19H29N3O3/c1-15-8-5-6-9-16(15)12-21(3)17(23)13-22-11-7-10-19(22,14-25-4)18(24)20-2/h5-6,8-9H,7,10-14H2,1-4H3,(H,20,24). The lowest BCUT2D eigenvalue weighted by Crippen LogP contribution is -2.59. The molecule has 2 rings (SSSR count). The zero-order valence-corrected chi connectivity index (χ0v) is 15.7. The van der Waals surface area contributed by atoms with Crippen molar-refractivity contribution in [3.05, 3.63) is 35.4 Å². The first-order valence-electron chi connectivity index (χ1n) is 8.69. The number of carbonyl (C=O) groups is 2. The maximum atomic E-state index is 12.7. The van der Waals surface area contributed by atoms with Crippen molar-refractivity contribution in [1.82, 2.24) is 15.1 Å². The van der Waals surface area contributed by atoms with E-state index in [1.807, 2.05) is 43.1 Å². The van der Waals surface area contributed by atoms with Crippen LogP contribution in [0, 0.1) is 6.92 Å². The van der Waals surface area contributed by atoms with Gasteiger partial charge in [0, 0.05) is 27.7 Å². The summed E-state index contributed by atoms with van der Waals surface area (Å²) in [6.07, 6.45) is 1.58. The summed E-state index contributed by atoms with van der Waals surface area (Å²) >= 11 is 0. The van der Waals surface area contributed by atoms with Crippen molar-refractivity contribution < 1.29 is 14.3 Å². The van der Waals surface area contributed by atoms with Gasteiger partial charge in [0.05, 0.1) is 13.2 Å². The van der Waals surface area contributed by atoms with Gasteiger partial charge in [0.25, 0.3) is 0 Å². The fraction of sp³-hybridized carbons (Fsp3) is 0.579. The Morgan fingerprint density at radius 3 is 2.72 bits per heavy atom. The molecule has 1 unspecified atom stereocenters. The average molecular weight is 347 g/mol. The van der Waals surface area contributed by atoms with Gasteiger partial charge in [-0.05, 0) is 37.4 Å². The first kappa shape index (κ1) is 19.4. The third kappa shape index (κ3) is 4.19. The summed E-state index contributed by atoms with van der Waals surface area (Å²) in [7, 11) is 5.03. The normalized spacial score (nSPS) is 20.5. The Hall–Kier alpha value is -1.92. The monoisotopic (exact) mass is 347 g/mol. The smallest absolute Gasteiger partial charge is 0.242 e. The predicted octanol–water partition coefficient (Wildman–Crippen LogP) is 1.18. The summed E-state index contributed by atoms with van der Waals surface area (Å²) in [5.41, 5.74) is 1.56. The Bertz CT molecular complexity index is 620. The SMILES string of the molecule is CNC(=O)C1(COC)CCCN1CC(=O)N(C)Cc1ccccc1C. The van der Waals surface area contributed by atoms with Gasteiger partial charge in [-0.3, -0.25) is 14.5 Å². The predicted molar refractivity (Wildman–Crippen MR) is 97.1 cm³/mol. The second kappa shape index (κ2) is 8.45. The van der Waals surface area contributed by atoms with Gasteiger partial charge in [0.1, 0.15) is 5.54 Å². The lowest BCUT2D eigenvalue weighted by molar-refractivity contribution is -0.140. The second-order valence-corrected chi connectivity index (χ2v) is 6.75. The lowest BCUT2D eigenvalue weighted by atomic mass is 9.95. The van der Waals surface area contributed by atoms with Gasteiger partial charge < -0.3 is 15.0 Å². The number of ether oxygens (including phenoxy) is 1. The highest BCUT2D eigenvalue weighted by Crippen LogP contribution is 2.30. The van der Waals surface area contributed by atoms with Crippen LogP contribution in [0.3, 0.4) is 0 Å². The van der Waals surface area contributed by atoms with Crippen molar-refractivity contribution in [2.24, 2.45) is 0 Å². The molecule has 1 heterocycles. The second-order valence-electron chi connectivity index (χ2n) is 6.75. The van der Waals surface area contributed by atoms with Crippen LogP contribution in [0.4, 0.5) is 0 Å². The minimum Gasteiger partial charge on any atom is -0.382 e. The van der Waals surface area contributed by atoms with Crippen molar-refractivity contribution >= 4 is 11.8 Å². The molecule has 25 heavy (non-hydrogen) atoms. The Morgan fingerprint density at radius 2 is 2.08 bits per heavy atom. The van der Waals surface area contributed by atoms with Crippen LogP contribution in [-0.2, 0) is 20.9 Å². The zero-order valence-electron chi connectivity index (χ0n) is 15.7. The molecule has 2 amide bonds. The minimum atomic E-state index is -0.747. The molecule has 0 aliphatic carbocycles. The molecule has 1 fully saturated rings. The number of amides is 2. The van der Waals surface area contributed by atoms with Crippen molar-refractivity contribution in [2.45, 2.75) is 31.8 Å². The van der Waals surface area contributed by atoms with Crippen molar-refractivity contribution in [1.29, 1.82) is 0 Å². The molecule has 0 saturated carbocycles. The summed E-state index contributed by atoms with van der Waals surface area (Å²) in [6, 6.07) is 8.06. The van der Waals surface area contributed by atoms with Crippen LogP contribution < -0.4 is 5.32 Å². The lowest BCUT2D eigenvalue weighted by Gasteiger charge is -2.36. The van der Waals surface area contributed by atoms with Crippen LogP contribution in [-0.4, -0.2) is 68.1 Å². The number of benzene rings is 1. The van der Waals surface area contributed by atoms with Gasteiger partial charge in [0.2, 0.25) is 11.8 Å². The molecule has 138 valence electrons. The van der Waals surface area contributed by atoms with E-state index >= 15 is 0 Å². The highest BCUT2D eigenvalue weighted by Gasteiger charge is 2.47. The molecule has 6 heteroatoms. The fourth-order valence-electron chi connectivity index (χ4n) is 3.54. The zero-order chi connectivity index (χ0) is 18.4. The summed E-state index contributed by atoms with van der Waals surface area (Å²) < 4.78 is 5.31. The highest BCUT2D eigenvalue weighted by atomic mass is 16.5. The molecule has 0 aromatic heterocycles. The maximum Gasteiger partial charge on any atom is 0.242 e. The fourth-order valence-corrected chi connectivity index (χ4v) is 3.54. The molecule has 1 aliphatic rings. The molecule has 1 atom stereocenters. The van der Waals surface area contributed by atoms with E-state index in [-0.39, 0.29) is 18.4 Å². The number of likely N-dealkylation sites (tertiary alicyclic amines) is 1. The number of rotatable bonds is 7. The summed E-state index contributed by atoms with van der Waals surface area (Å²) in [5.74, 6) is -0.0734. The van der Waals surface area contributed by atoms with Crippen molar-refractivity contribution in [2.75, 3.05) is 40.9 Å². The van der Waals surface area contributed by atoms with Gasteiger partial charge in [-0.25, -0.2) is 0 Å². The van der Waals surface area contributed by atoms with E-state index < -0.39 is 5.54 Å². The topological polar surface area (TPSA) is 61.9 Å². The van der Waals surface area contributed by atoms with E-state index in [1.165, 1.54) is 5.56 Å². The van der Waals surface area contributed by atoms with Gasteiger partial charge in [-0.2, -0.15) is 0 Å². The minimum absolute atomic E-state index is 0.00883. The molecular formula is C19H29N3O3. The highest BCUT2D eigenvalue weighted by molar-refractivity contribution is 5.88. The number of nitrogens with zero attached hydrogens (tertiary/aromatic N) is 2. The van der Waals surface area contributed by atoms with Crippen molar-refractivity contribution in [3.63, 3.8) is 0 Å². The molecule has 6 nitrogen and oxygen atoms in total. The van der Waals surface area contributed by atoms with Crippen molar-refractivity contribution in [3.8, 4) is 0 Å². The Labute approximate surface area is 150 Å². The maximum absolute atomic E-state index is 12.7. The summed E-state index contributed by atoms with van der Waals surface area (Å²) in [5, 5.41) is 2.73. The van der Waals surface area contributed by atoms with Crippen LogP contribution in [0.25, 0.3) is 0 Å². The van der Waals surface area contributed by atoms with Gasteiger partial charge >= 0.3 is 0 Å². The van der Waals surface area contributed by atoms with Crippen LogP contribution in [0.15, 0.2) is 24.3 Å². The van der Waals surface area contributed by atoms with Crippen LogP contribution in [0.1, 0.15) is 24.0 Å². The van der Waals surface area contributed by atoms with Crippen LogP contribution in [0.2, 0.25) is 0 Å². The number of carbonyl (C=O) groups excluding carboxylic acids is 2. The molecule has 1 aliphatic heterocycles. The van der Waals surface area contributed by atoms with E-state index in [1.54, 1.807) is 19.1 Å². The number of aryl methyl sites for hydroxylation is 1. The molecule has 1 aromatic carbocycles. The third-order valence-corrected chi connectivity index (χ3v) is 5.08. The first-order valence-corrected chi connectivity index (χ1v) is 8.69. The Balaban J connectivity index is 2.07. The first-order chi connectivity index (χ1) is 11.9. The molecule has 0 radical (unpaired) electrons. The number of hydrogen-bond acceptors (Lipinski definition) is 4.